The fourth-order valence-corrected chi connectivity index (χ4v) is 2.88. The molecule has 0 atom stereocenters. The maximum atomic E-state index is 13.6. The van der Waals surface area contributed by atoms with Gasteiger partial charge < -0.3 is 0 Å². The smallest absolute Gasteiger partial charge is 0.278 e. The fourth-order valence-electron chi connectivity index (χ4n) is 2.70. The minimum Gasteiger partial charge on any atom is -0.278 e. The number of alkyl halides is 3. The number of rotatable bonds is 2. The average molecular weight is 393 g/mol. The van der Waals surface area contributed by atoms with Gasteiger partial charge in [-0.1, -0.05) is 11.6 Å². The van der Waals surface area contributed by atoms with E-state index in [2.05, 4.69) is 15.0 Å². The monoisotopic (exact) mass is 392 g/mol. The summed E-state index contributed by atoms with van der Waals surface area (Å²) in [6.07, 6.45) is -0.553. The molecule has 0 fully saturated rings. The van der Waals surface area contributed by atoms with Crippen molar-refractivity contribution in [2.75, 3.05) is 0 Å². The van der Waals surface area contributed by atoms with Crippen molar-refractivity contribution in [3.8, 4) is 22.5 Å². The molecule has 0 aliphatic heterocycles. The second-order valence-electron chi connectivity index (χ2n) is 5.68. The highest BCUT2D eigenvalue weighted by atomic mass is 35.5. The van der Waals surface area contributed by atoms with Crippen LogP contribution in [-0.2, 0) is 6.18 Å². The molecule has 1 aromatic carbocycles. The van der Waals surface area contributed by atoms with Gasteiger partial charge in [0.1, 0.15) is 23.5 Å². The quantitative estimate of drug-likeness (QED) is 0.436. The molecule has 0 aliphatic rings. The largest absolute Gasteiger partial charge is 0.431 e. The van der Waals surface area contributed by atoms with E-state index in [9.17, 15) is 17.6 Å². The molecule has 0 amide bonds. The van der Waals surface area contributed by atoms with Gasteiger partial charge in [-0.25, -0.2) is 14.4 Å². The zero-order chi connectivity index (χ0) is 19.2. The molecule has 3 aromatic heterocycles. The molecule has 0 aliphatic carbocycles. The normalized spacial score (nSPS) is 11.9. The summed E-state index contributed by atoms with van der Waals surface area (Å²) in [7, 11) is 0. The zero-order valence-corrected chi connectivity index (χ0v) is 14.1. The number of nitrogens with zero attached hydrogens (tertiary/aromatic N) is 4. The molecule has 136 valence electrons. The molecule has 3 heterocycles. The van der Waals surface area contributed by atoms with Crippen molar-refractivity contribution in [2.24, 2.45) is 0 Å². The van der Waals surface area contributed by atoms with Crippen LogP contribution in [-0.4, -0.2) is 19.4 Å². The van der Waals surface area contributed by atoms with Gasteiger partial charge in [0.05, 0.1) is 10.7 Å². The lowest BCUT2D eigenvalue weighted by Gasteiger charge is -2.12. The SMILES string of the molecule is Fc1ccc(-c2cc(C(F)(F)F)n3cnc(-c4cccnc4)c3n2)cc1Cl. The Bertz CT molecular complexity index is 1140. The van der Waals surface area contributed by atoms with Crippen LogP contribution in [0.3, 0.4) is 0 Å². The summed E-state index contributed by atoms with van der Waals surface area (Å²) < 4.78 is 55.1. The fraction of sp³-hybridized carbons (Fsp3) is 0.0556. The first-order valence-corrected chi connectivity index (χ1v) is 8.03. The maximum absolute atomic E-state index is 13.6. The Morgan fingerprint density at radius 2 is 1.85 bits per heavy atom. The van der Waals surface area contributed by atoms with Crippen molar-refractivity contribution in [3.05, 3.63) is 71.7 Å². The third-order valence-electron chi connectivity index (χ3n) is 3.94. The molecule has 0 N–H and O–H groups in total. The number of hydrogen-bond acceptors (Lipinski definition) is 3. The summed E-state index contributed by atoms with van der Waals surface area (Å²) >= 11 is 5.77. The molecule has 0 unspecified atom stereocenters. The van der Waals surface area contributed by atoms with E-state index in [1.165, 1.54) is 18.3 Å². The van der Waals surface area contributed by atoms with Gasteiger partial charge in [0.2, 0.25) is 0 Å². The number of imidazole rings is 1. The summed E-state index contributed by atoms with van der Waals surface area (Å²) in [5.74, 6) is -0.669. The van der Waals surface area contributed by atoms with Crippen molar-refractivity contribution in [1.82, 2.24) is 19.4 Å². The molecule has 4 nitrogen and oxygen atoms in total. The van der Waals surface area contributed by atoms with E-state index in [0.717, 1.165) is 22.9 Å². The van der Waals surface area contributed by atoms with Crippen LogP contribution in [0.4, 0.5) is 17.6 Å². The summed E-state index contributed by atoms with van der Waals surface area (Å²) in [6, 6.07) is 7.83. The molecule has 27 heavy (non-hydrogen) atoms. The van der Waals surface area contributed by atoms with Crippen LogP contribution in [0.15, 0.2) is 55.1 Å². The predicted molar refractivity (Wildman–Crippen MR) is 91.6 cm³/mol. The Morgan fingerprint density at radius 1 is 1.04 bits per heavy atom. The zero-order valence-electron chi connectivity index (χ0n) is 13.4. The van der Waals surface area contributed by atoms with E-state index in [1.54, 1.807) is 18.3 Å². The van der Waals surface area contributed by atoms with E-state index in [0.29, 0.717) is 5.56 Å². The first-order chi connectivity index (χ1) is 12.8. The van der Waals surface area contributed by atoms with Gasteiger partial charge in [-0.2, -0.15) is 13.2 Å². The third-order valence-corrected chi connectivity index (χ3v) is 4.23. The molecule has 4 aromatic rings. The van der Waals surface area contributed by atoms with Gasteiger partial charge >= 0.3 is 6.18 Å². The van der Waals surface area contributed by atoms with Gasteiger partial charge in [-0.05, 0) is 36.4 Å². The van der Waals surface area contributed by atoms with Crippen LogP contribution in [0.1, 0.15) is 5.69 Å². The molecule has 0 saturated heterocycles. The lowest BCUT2D eigenvalue weighted by molar-refractivity contribution is -0.142. The molecule has 9 heteroatoms. The first kappa shape index (κ1) is 17.4. The van der Waals surface area contributed by atoms with Gasteiger partial charge in [-0.3, -0.25) is 9.38 Å². The van der Waals surface area contributed by atoms with Crippen LogP contribution in [0.25, 0.3) is 28.2 Å². The summed E-state index contributed by atoms with van der Waals surface area (Å²) in [5.41, 5.74) is 0.0903. The summed E-state index contributed by atoms with van der Waals surface area (Å²) in [5, 5.41) is -0.205. The molecule has 0 spiro atoms. The van der Waals surface area contributed by atoms with Gasteiger partial charge in [0.25, 0.3) is 0 Å². The van der Waals surface area contributed by atoms with E-state index in [1.807, 2.05) is 0 Å². The van der Waals surface area contributed by atoms with Crippen LogP contribution in [0, 0.1) is 5.82 Å². The summed E-state index contributed by atoms with van der Waals surface area (Å²) in [6.45, 7) is 0. The van der Waals surface area contributed by atoms with E-state index >= 15 is 0 Å². The summed E-state index contributed by atoms with van der Waals surface area (Å²) in [4.78, 5) is 12.4. The van der Waals surface area contributed by atoms with Crippen molar-refractivity contribution in [1.29, 1.82) is 0 Å². The Kier molecular flexibility index (Phi) is 4.07. The van der Waals surface area contributed by atoms with Gasteiger partial charge in [0.15, 0.2) is 5.65 Å². The number of hydrogen-bond donors (Lipinski definition) is 0. The average Bonchev–Trinajstić information content (AvgIpc) is 3.07. The molecule has 4 rings (SSSR count). The highest BCUT2D eigenvalue weighted by Gasteiger charge is 2.35. The predicted octanol–water partition coefficient (Wildman–Crippen LogP) is 5.27. The van der Waals surface area contributed by atoms with Crippen molar-refractivity contribution in [2.45, 2.75) is 6.18 Å². The second kappa shape index (κ2) is 6.31. The molecular weight excluding hydrogens is 384 g/mol. The second-order valence-corrected chi connectivity index (χ2v) is 6.09. The number of halogens is 5. The van der Waals surface area contributed by atoms with Gasteiger partial charge in [0, 0.05) is 23.5 Å². The van der Waals surface area contributed by atoms with Crippen LogP contribution in [0.5, 0.6) is 0 Å². The highest BCUT2D eigenvalue weighted by molar-refractivity contribution is 6.31. The van der Waals surface area contributed by atoms with Crippen molar-refractivity contribution >= 4 is 17.2 Å². The maximum Gasteiger partial charge on any atom is 0.431 e. The highest BCUT2D eigenvalue weighted by Crippen LogP contribution is 2.35. The molecule has 0 bridgehead atoms. The standard InChI is InChI=1S/C18H9ClF4N4/c19-12-6-10(3-4-13(12)20)14-7-15(18(21,22)23)27-9-25-16(17(27)26-14)11-2-1-5-24-8-11/h1-9H. The van der Waals surface area contributed by atoms with Crippen LogP contribution in [0.2, 0.25) is 5.02 Å². The third kappa shape index (κ3) is 3.12. The first-order valence-electron chi connectivity index (χ1n) is 7.66. The Morgan fingerprint density at radius 3 is 2.52 bits per heavy atom. The molecular formula is C18H9ClF4N4. The Balaban J connectivity index is 2.01. The number of aromatic nitrogens is 4. The lowest BCUT2D eigenvalue weighted by atomic mass is 10.1. The topological polar surface area (TPSA) is 43.1 Å². The van der Waals surface area contributed by atoms with E-state index < -0.39 is 17.7 Å². The number of pyridine rings is 1. The Labute approximate surface area is 155 Å². The van der Waals surface area contributed by atoms with Crippen LogP contribution < -0.4 is 0 Å². The minimum atomic E-state index is -4.65. The van der Waals surface area contributed by atoms with E-state index in [4.69, 9.17) is 11.6 Å². The van der Waals surface area contributed by atoms with E-state index in [-0.39, 0.29) is 27.6 Å². The van der Waals surface area contributed by atoms with Crippen LogP contribution >= 0.6 is 11.6 Å². The Hall–Kier alpha value is -3.00. The molecule has 0 radical (unpaired) electrons. The minimum absolute atomic E-state index is 0.00219. The van der Waals surface area contributed by atoms with Crippen molar-refractivity contribution in [3.63, 3.8) is 0 Å². The number of benzene rings is 1. The lowest BCUT2D eigenvalue weighted by Crippen LogP contribution is -2.12. The number of fused-ring (bicyclic) bond motifs is 1. The van der Waals surface area contributed by atoms with Gasteiger partial charge in [-0.15, -0.1) is 0 Å². The van der Waals surface area contributed by atoms with Crippen molar-refractivity contribution < 1.29 is 17.6 Å². The molecule has 0 saturated carbocycles.